The molecule has 1 amide bonds. The average molecular weight is 237 g/mol. The normalized spacial score (nSPS) is 10.5. The smallest absolute Gasteiger partial charge is 0.272 e. The van der Waals surface area contributed by atoms with Gasteiger partial charge in [-0.15, -0.1) is 17.5 Å². The Morgan fingerprint density at radius 1 is 1.71 bits per heavy atom. The highest BCUT2D eigenvalue weighted by Gasteiger charge is 2.14. The number of carbonyl (C=O) groups excluding carboxylic acids is 1. The summed E-state index contributed by atoms with van der Waals surface area (Å²) in [5.41, 5.74) is 5.63. The van der Waals surface area contributed by atoms with Crippen LogP contribution in [0.2, 0.25) is 0 Å². The SMILES string of the molecule is CC(C)(N)CNC(=O)c1csnn1.Cl. The number of hydrogen-bond acceptors (Lipinski definition) is 5. The van der Waals surface area contributed by atoms with Crippen molar-refractivity contribution in [2.45, 2.75) is 19.4 Å². The van der Waals surface area contributed by atoms with Crippen LogP contribution >= 0.6 is 23.9 Å². The van der Waals surface area contributed by atoms with Crippen molar-refractivity contribution in [2.75, 3.05) is 6.54 Å². The van der Waals surface area contributed by atoms with Crippen molar-refractivity contribution in [3.05, 3.63) is 11.1 Å². The molecule has 0 bridgehead atoms. The van der Waals surface area contributed by atoms with E-state index in [0.717, 1.165) is 11.5 Å². The number of nitrogens with one attached hydrogen (secondary N) is 1. The highest BCUT2D eigenvalue weighted by molar-refractivity contribution is 7.03. The minimum atomic E-state index is -0.404. The number of aromatic nitrogens is 2. The van der Waals surface area contributed by atoms with Crippen molar-refractivity contribution < 1.29 is 4.79 Å². The number of nitrogens with zero attached hydrogens (tertiary/aromatic N) is 2. The molecule has 1 aromatic rings. The van der Waals surface area contributed by atoms with Crippen LogP contribution in [0.25, 0.3) is 0 Å². The maximum atomic E-state index is 11.3. The van der Waals surface area contributed by atoms with Crippen molar-refractivity contribution >= 4 is 29.8 Å². The highest BCUT2D eigenvalue weighted by Crippen LogP contribution is 1.98. The minimum Gasteiger partial charge on any atom is -0.349 e. The molecule has 0 saturated carbocycles. The third kappa shape index (κ3) is 4.50. The van der Waals surface area contributed by atoms with Crippen molar-refractivity contribution in [2.24, 2.45) is 5.73 Å². The first-order valence-corrected chi connectivity index (χ1v) is 4.67. The number of amides is 1. The first-order chi connectivity index (χ1) is 5.99. The summed E-state index contributed by atoms with van der Waals surface area (Å²) in [7, 11) is 0. The lowest BCUT2D eigenvalue weighted by molar-refractivity contribution is 0.0941. The molecule has 0 aliphatic carbocycles. The van der Waals surface area contributed by atoms with E-state index in [1.165, 1.54) is 0 Å². The van der Waals surface area contributed by atoms with Crippen LogP contribution in [0.5, 0.6) is 0 Å². The molecule has 0 atom stereocenters. The zero-order chi connectivity index (χ0) is 9.90. The van der Waals surface area contributed by atoms with Crippen molar-refractivity contribution in [3.8, 4) is 0 Å². The predicted octanol–water partition coefficient (Wildman–Crippen LogP) is 0.427. The molecule has 0 aliphatic heterocycles. The van der Waals surface area contributed by atoms with Gasteiger partial charge in [-0.3, -0.25) is 4.79 Å². The van der Waals surface area contributed by atoms with Crippen LogP contribution in [-0.4, -0.2) is 27.6 Å². The molecule has 14 heavy (non-hydrogen) atoms. The predicted molar refractivity (Wildman–Crippen MR) is 57.8 cm³/mol. The number of halogens is 1. The number of rotatable bonds is 3. The van der Waals surface area contributed by atoms with Gasteiger partial charge in [0.1, 0.15) is 0 Å². The van der Waals surface area contributed by atoms with E-state index in [0.29, 0.717) is 12.2 Å². The molecule has 0 spiro atoms. The fraction of sp³-hybridized carbons (Fsp3) is 0.571. The second-order valence-electron chi connectivity index (χ2n) is 3.46. The van der Waals surface area contributed by atoms with E-state index in [2.05, 4.69) is 14.9 Å². The maximum Gasteiger partial charge on any atom is 0.272 e. The number of nitrogens with two attached hydrogens (primary N) is 1. The molecule has 80 valence electrons. The Balaban J connectivity index is 0.00000169. The summed E-state index contributed by atoms with van der Waals surface area (Å²) >= 11 is 1.15. The molecular weight excluding hydrogens is 224 g/mol. The summed E-state index contributed by atoms with van der Waals surface area (Å²) in [6.07, 6.45) is 0. The lowest BCUT2D eigenvalue weighted by Gasteiger charge is -2.18. The van der Waals surface area contributed by atoms with Gasteiger partial charge in [-0.05, 0) is 25.4 Å². The van der Waals surface area contributed by atoms with Gasteiger partial charge in [0.2, 0.25) is 0 Å². The second-order valence-corrected chi connectivity index (χ2v) is 4.07. The van der Waals surface area contributed by atoms with Gasteiger partial charge >= 0.3 is 0 Å². The van der Waals surface area contributed by atoms with Crippen LogP contribution < -0.4 is 11.1 Å². The van der Waals surface area contributed by atoms with Gasteiger partial charge in [-0.1, -0.05) is 4.49 Å². The van der Waals surface area contributed by atoms with Crippen LogP contribution in [0.4, 0.5) is 0 Å². The molecule has 0 saturated heterocycles. The Hall–Kier alpha value is -0.720. The summed E-state index contributed by atoms with van der Waals surface area (Å²) in [6.45, 7) is 4.10. The molecule has 5 nitrogen and oxygen atoms in total. The van der Waals surface area contributed by atoms with Crippen molar-refractivity contribution in [3.63, 3.8) is 0 Å². The maximum absolute atomic E-state index is 11.3. The summed E-state index contributed by atoms with van der Waals surface area (Å²) in [5.74, 6) is -0.229. The molecule has 1 rings (SSSR count). The third-order valence-electron chi connectivity index (χ3n) is 1.30. The first-order valence-electron chi connectivity index (χ1n) is 3.83. The molecule has 1 heterocycles. The molecule has 0 fully saturated rings. The summed E-state index contributed by atoms with van der Waals surface area (Å²) in [5, 5.41) is 7.89. The van der Waals surface area contributed by atoms with Gasteiger partial charge in [0, 0.05) is 17.5 Å². The standard InChI is InChI=1S/C7H12N4OS.ClH/c1-7(2,8)4-9-6(12)5-3-13-11-10-5;/h3H,4,8H2,1-2H3,(H,9,12);1H. The quantitative estimate of drug-likeness (QED) is 0.798. The van der Waals surface area contributed by atoms with Crippen LogP contribution in [0.1, 0.15) is 24.3 Å². The lowest BCUT2D eigenvalue weighted by atomic mass is 10.1. The monoisotopic (exact) mass is 236 g/mol. The molecule has 7 heteroatoms. The fourth-order valence-corrected chi connectivity index (χ4v) is 1.10. The summed E-state index contributed by atoms with van der Waals surface area (Å²) in [6, 6.07) is 0. The van der Waals surface area contributed by atoms with Gasteiger partial charge in [0.25, 0.3) is 5.91 Å². The van der Waals surface area contributed by atoms with Gasteiger partial charge in [0.05, 0.1) is 0 Å². The molecule has 0 unspecified atom stereocenters. The van der Waals surface area contributed by atoms with E-state index in [1.54, 1.807) is 5.38 Å². The molecule has 0 aromatic carbocycles. The Bertz CT molecular complexity index is 282. The van der Waals surface area contributed by atoms with Gasteiger partial charge in [-0.2, -0.15) is 0 Å². The minimum absolute atomic E-state index is 0. The highest BCUT2D eigenvalue weighted by atomic mass is 35.5. The van der Waals surface area contributed by atoms with E-state index in [4.69, 9.17) is 5.73 Å². The van der Waals surface area contributed by atoms with E-state index in [1.807, 2.05) is 13.8 Å². The zero-order valence-corrected chi connectivity index (χ0v) is 9.61. The Kier molecular flexibility index (Phi) is 4.96. The fourth-order valence-electron chi connectivity index (χ4n) is 0.662. The van der Waals surface area contributed by atoms with E-state index in [9.17, 15) is 4.79 Å². The Morgan fingerprint density at radius 3 is 2.79 bits per heavy atom. The topological polar surface area (TPSA) is 80.9 Å². The van der Waals surface area contributed by atoms with E-state index in [-0.39, 0.29) is 18.3 Å². The second kappa shape index (κ2) is 5.23. The van der Waals surface area contributed by atoms with Crippen LogP contribution in [0.3, 0.4) is 0 Å². The number of hydrogen-bond donors (Lipinski definition) is 2. The van der Waals surface area contributed by atoms with Crippen molar-refractivity contribution in [1.29, 1.82) is 0 Å². The summed E-state index contributed by atoms with van der Waals surface area (Å²) in [4.78, 5) is 11.3. The molecule has 1 aromatic heterocycles. The van der Waals surface area contributed by atoms with Crippen LogP contribution in [-0.2, 0) is 0 Å². The van der Waals surface area contributed by atoms with Gasteiger partial charge < -0.3 is 11.1 Å². The zero-order valence-electron chi connectivity index (χ0n) is 7.98. The number of carbonyl (C=O) groups is 1. The van der Waals surface area contributed by atoms with Crippen LogP contribution in [0.15, 0.2) is 5.38 Å². The van der Waals surface area contributed by atoms with Gasteiger partial charge in [-0.25, -0.2) is 0 Å². The van der Waals surface area contributed by atoms with Crippen molar-refractivity contribution in [1.82, 2.24) is 14.9 Å². The van der Waals surface area contributed by atoms with E-state index >= 15 is 0 Å². The average Bonchev–Trinajstić information content (AvgIpc) is 2.50. The van der Waals surface area contributed by atoms with Gasteiger partial charge in [0.15, 0.2) is 5.69 Å². The molecular formula is C7H13ClN4OS. The first kappa shape index (κ1) is 13.3. The molecule has 0 aliphatic rings. The third-order valence-corrected chi connectivity index (χ3v) is 1.80. The molecule has 3 N–H and O–H groups in total. The Morgan fingerprint density at radius 2 is 2.36 bits per heavy atom. The molecule has 0 radical (unpaired) electrons. The van der Waals surface area contributed by atoms with Crippen LogP contribution in [0, 0.1) is 0 Å². The lowest BCUT2D eigenvalue weighted by Crippen LogP contribution is -2.45. The Labute approximate surface area is 92.6 Å². The van der Waals surface area contributed by atoms with E-state index < -0.39 is 5.54 Å². The summed E-state index contributed by atoms with van der Waals surface area (Å²) < 4.78 is 3.59. The largest absolute Gasteiger partial charge is 0.349 e.